The molecule has 2 N–H and O–H groups in total. The fraction of sp³-hybridized carbons (Fsp3) is 0.281. The second kappa shape index (κ2) is 14.6. The Morgan fingerprint density at radius 3 is 2.38 bits per heavy atom. The highest BCUT2D eigenvalue weighted by molar-refractivity contribution is 5.97. The molecule has 0 aliphatic heterocycles. The largest absolute Gasteiger partial charge is 0.490 e. The normalized spacial score (nSPS) is 11.8. The summed E-state index contributed by atoms with van der Waals surface area (Å²) in [5, 5.41) is 6.82. The van der Waals surface area contributed by atoms with Crippen LogP contribution < -0.4 is 20.2 Å². The minimum Gasteiger partial charge on any atom is -0.490 e. The van der Waals surface area contributed by atoms with Gasteiger partial charge in [-0.3, -0.25) is 9.59 Å². The first-order valence-corrected chi connectivity index (χ1v) is 13.2. The van der Waals surface area contributed by atoms with Gasteiger partial charge in [-0.15, -0.1) is 6.58 Å². The van der Waals surface area contributed by atoms with E-state index in [2.05, 4.69) is 22.4 Å². The molecule has 0 spiro atoms. The van der Waals surface area contributed by atoms with Crippen LogP contribution in [0.2, 0.25) is 0 Å². The summed E-state index contributed by atoms with van der Waals surface area (Å²) in [5.74, 6) is -0.419. The molecule has 0 saturated heterocycles. The molecule has 0 aliphatic rings. The zero-order chi connectivity index (χ0) is 29.1. The number of benzene rings is 3. The fourth-order valence-electron chi connectivity index (χ4n) is 3.93. The van der Waals surface area contributed by atoms with Gasteiger partial charge in [-0.05, 0) is 73.7 Å². The molecule has 1 atom stereocenters. The Hall–Kier alpha value is -4.46. The molecule has 2 amide bonds. The number of halogens is 1. The van der Waals surface area contributed by atoms with E-state index in [0.717, 1.165) is 11.1 Å². The van der Waals surface area contributed by atoms with Crippen LogP contribution >= 0.6 is 0 Å². The number of allylic oxidation sites excluding steroid dienone is 1. The fourth-order valence-corrected chi connectivity index (χ4v) is 3.93. The van der Waals surface area contributed by atoms with Crippen molar-refractivity contribution in [3.8, 4) is 11.5 Å². The van der Waals surface area contributed by atoms with Crippen molar-refractivity contribution in [2.24, 2.45) is 11.0 Å². The van der Waals surface area contributed by atoms with Gasteiger partial charge in [0.05, 0.1) is 12.8 Å². The monoisotopic (exact) mass is 545 g/mol. The predicted octanol–water partition coefficient (Wildman–Crippen LogP) is 5.75. The molecule has 0 radical (unpaired) electrons. The number of hydrazone groups is 1. The summed E-state index contributed by atoms with van der Waals surface area (Å²) in [6.45, 7) is 12.2. The van der Waals surface area contributed by atoms with Gasteiger partial charge in [0.25, 0.3) is 11.8 Å². The molecule has 1 unspecified atom stereocenters. The maximum absolute atomic E-state index is 13.2. The van der Waals surface area contributed by atoms with E-state index < -0.39 is 23.7 Å². The first kappa shape index (κ1) is 30.1. The lowest BCUT2D eigenvalue weighted by molar-refractivity contribution is -0.123. The van der Waals surface area contributed by atoms with Crippen LogP contribution in [0.25, 0.3) is 0 Å². The van der Waals surface area contributed by atoms with Crippen LogP contribution in [0, 0.1) is 18.7 Å². The Bertz CT molecular complexity index is 1340. The van der Waals surface area contributed by atoms with Gasteiger partial charge in [-0.2, -0.15) is 5.10 Å². The number of amides is 2. The average molecular weight is 546 g/mol. The zero-order valence-corrected chi connectivity index (χ0v) is 23.4. The predicted molar refractivity (Wildman–Crippen MR) is 155 cm³/mol. The smallest absolute Gasteiger partial charge is 0.262 e. The van der Waals surface area contributed by atoms with Gasteiger partial charge in [0.15, 0.2) is 11.5 Å². The highest BCUT2D eigenvalue weighted by atomic mass is 19.1. The minimum absolute atomic E-state index is 0.215. The van der Waals surface area contributed by atoms with Gasteiger partial charge in [-0.1, -0.05) is 49.8 Å². The van der Waals surface area contributed by atoms with E-state index in [4.69, 9.17) is 9.47 Å². The van der Waals surface area contributed by atoms with E-state index in [0.29, 0.717) is 36.7 Å². The standard InChI is InChI=1S/C32H36FN3O4/c1-6-8-26-17-24(18-28(39-7-2)30(26)40-20-23-11-9-22(5)10-12-23)19-34-36-32(38)29(21(3)4)35-31(37)25-13-15-27(33)16-14-25/h6,9-19,21,29H,1,7-8,20H2,2-5H3,(H,35,37)(H,36,38). The quantitative estimate of drug-likeness (QED) is 0.163. The van der Waals surface area contributed by atoms with Gasteiger partial charge in [0.2, 0.25) is 0 Å². The average Bonchev–Trinajstić information content (AvgIpc) is 2.92. The molecule has 8 heteroatoms. The lowest BCUT2D eigenvalue weighted by Crippen LogP contribution is -2.48. The van der Waals surface area contributed by atoms with Gasteiger partial charge < -0.3 is 14.8 Å². The first-order valence-electron chi connectivity index (χ1n) is 13.2. The van der Waals surface area contributed by atoms with Gasteiger partial charge in [-0.25, -0.2) is 9.82 Å². The maximum atomic E-state index is 13.2. The molecular formula is C32H36FN3O4. The zero-order valence-electron chi connectivity index (χ0n) is 23.4. The van der Waals surface area contributed by atoms with Crippen molar-refractivity contribution in [2.75, 3.05) is 6.61 Å². The Morgan fingerprint density at radius 1 is 1.05 bits per heavy atom. The molecule has 0 heterocycles. The molecule has 0 fully saturated rings. The van der Waals surface area contributed by atoms with Crippen LogP contribution in [-0.2, 0) is 17.8 Å². The third kappa shape index (κ3) is 8.53. The molecule has 0 aliphatic carbocycles. The van der Waals surface area contributed by atoms with Crippen LogP contribution in [0.15, 0.2) is 78.4 Å². The SMILES string of the molecule is C=CCc1cc(C=NNC(=O)C(NC(=O)c2ccc(F)cc2)C(C)C)cc(OCC)c1OCc1ccc(C)cc1. The Labute approximate surface area is 235 Å². The molecule has 3 aromatic rings. The third-order valence-electron chi connectivity index (χ3n) is 6.05. The van der Waals surface area contributed by atoms with Gasteiger partial charge in [0, 0.05) is 11.1 Å². The van der Waals surface area contributed by atoms with E-state index in [1.807, 2.05) is 58.0 Å². The molecule has 3 aromatic carbocycles. The highest BCUT2D eigenvalue weighted by Crippen LogP contribution is 2.34. The summed E-state index contributed by atoms with van der Waals surface area (Å²) in [6.07, 6.45) is 3.83. The van der Waals surface area contributed by atoms with Crippen LogP contribution in [0.1, 0.15) is 53.4 Å². The number of carbonyl (C=O) groups is 2. The van der Waals surface area contributed by atoms with Crippen molar-refractivity contribution < 1.29 is 23.5 Å². The summed E-state index contributed by atoms with van der Waals surface area (Å²) < 4.78 is 25.3. The number of rotatable bonds is 13. The number of hydrogen-bond donors (Lipinski definition) is 2. The third-order valence-corrected chi connectivity index (χ3v) is 6.05. The summed E-state index contributed by atoms with van der Waals surface area (Å²) in [6, 6.07) is 16.1. The van der Waals surface area contributed by atoms with Crippen molar-refractivity contribution in [1.29, 1.82) is 0 Å². The maximum Gasteiger partial charge on any atom is 0.262 e. The second-order valence-corrected chi connectivity index (χ2v) is 9.64. The summed E-state index contributed by atoms with van der Waals surface area (Å²) in [4.78, 5) is 25.4. The molecule has 40 heavy (non-hydrogen) atoms. The van der Waals surface area contributed by atoms with Crippen molar-refractivity contribution in [2.45, 2.75) is 46.8 Å². The molecule has 0 aromatic heterocycles. The Balaban J connectivity index is 1.74. The molecular weight excluding hydrogens is 509 g/mol. The highest BCUT2D eigenvalue weighted by Gasteiger charge is 2.24. The van der Waals surface area contributed by atoms with E-state index in [1.54, 1.807) is 12.1 Å². The Morgan fingerprint density at radius 2 is 1.75 bits per heavy atom. The number of hydrogen-bond acceptors (Lipinski definition) is 5. The number of ether oxygens (including phenoxy) is 2. The van der Waals surface area contributed by atoms with Crippen LogP contribution in [0.5, 0.6) is 11.5 Å². The number of carbonyl (C=O) groups excluding carboxylic acids is 2. The van der Waals surface area contributed by atoms with Crippen LogP contribution in [0.3, 0.4) is 0 Å². The van der Waals surface area contributed by atoms with E-state index >= 15 is 0 Å². The molecule has 7 nitrogen and oxygen atoms in total. The number of nitrogens with zero attached hydrogens (tertiary/aromatic N) is 1. The summed E-state index contributed by atoms with van der Waals surface area (Å²) in [5.41, 5.74) is 6.55. The van der Waals surface area contributed by atoms with Gasteiger partial charge in [0.1, 0.15) is 18.5 Å². The first-order chi connectivity index (χ1) is 19.2. The van der Waals surface area contributed by atoms with Crippen molar-refractivity contribution in [1.82, 2.24) is 10.7 Å². The van der Waals surface area contributed by atoms with Crippen LogP contribution in [0.4, 0.5) is 4.39 Å². The molecule has 210 valence electrons. The summed E-state index contributed by atoms with van der Waals surface area (Å²) in [7, 11) is 0. The van der Waals surface area contributed by atoms with E-state index in [9.17, 15) is 14.0 Å². The second-order valence-electron chi connectivity index (χ2n) is 9.64. The van der Waals surface area contributed by atoms with Crippen LogP contribution in [-0.4, -0.2) is 30.7 Å². The van der Waals surface area contributed by atoms with Crippen molar-refractivity contribution >= 4 is 18.0 Å². The van der Waals surface area contributed by atoms with E-state index in [1.165, 1.54) is 36.0 Å². The molecule has 0 saturated carbocycles. The number of aryl methyl sites for hydroxylation is 1. The Kier molecular flexibility index (Phi) is 11.0. The summed E-state index contributed by atoms with van der Waals surface area (Å²) >= 11 is 0. The van der Waals surface area contributed by atoms with Crippen molar-refractivity contribution in [3.05, 3.63) is 107 Å². The molecule has 3 rings (SSSR count). The van der Waals surface area contributed by atoms with E-state index in [-0.39, 0.29) is 11.5 Å². The van der Waals surface area contributed by atoms with Crippen molar-refractivity contribution in [3.63, 3.8) is 0 Å². The molecule has 0 bridgehead atoms. The lowest BCUT2D eigenvalue weighted by Gasteiger charge is -2.20. The lowest BCUT2D eigenvalue weighted by atomic mass is 10.0. The topological polar surface area (TPSA) is 89.0 Å². The minimum atomic E-state index is -0.845. The van der Waals surface area contributed by atoms with Gasteiger partial charge >= 0.3 is 0 Å². The number of nitrogens with one attached hydrogen (secondary N) is 2.